The van der Waals surface area contributed by atoms with Gasteiger partial charge in [0.2, 0.25) is 0 Å². The Kier molecular flexibility index (Phi) is 4.33. The lowest BCUT2D eigenvalue weighted by Crippen LogP contribution is -2.72. The van der Waals surface area contributed by atoms with Gasteiger partial charge in [-0.2, -0.15) is 0 Å². The number of halogens is 1. The van der Waals surface area contributed by atoms with Crippen LogP contribution in [0.2, 0.25) is 0 Å². The number of hydrogen-bond acceptors (Lipinski definition) is 3. The Morgan fingerprint density at radius 1 is 1.08 bits per heavy atom. The minimum Gasteiger partial charge on any atom is -0.508 e. The molecular weight excluding hydrogens is 334 g/mol. The topological polar surface area (TPSA) is 43.7 Å². The molecule has 3 aliphatic carbocycles. The normalized spacial score (nSPS) is 37.4. The zero-order valence-electron chi connectivity index (χ0n) is 14.9. The van der Waals surface area contributed by atoms with Crippen LogP contribution in [0.4, 0.5) is 0 Å². The van der Waals surface area contributed by atoms with Crippen molar-refractivity contribution in [1.82, 2.24) is 4.90 Å². The van der Waals surface area contributed by atoms with Gasteiger partial charge in [0.15, 0.2) is 0 Å². The summed E-state index contributed by atoms with van der Waals surface area (Å²) in [6, 6.07) is 6.17. The van der Waals surface area contributed by atoms with Gasteiger partial charge in [-0.15, -0.1) is 12.4 Å². The molecule has 1 aromatic rings. The van der Waals surface area contributed by atoms with Gasteiger partial charge in [-0.05, 0) is 74.2 Å². The zero-order chi connectivity index (χ0) is 16.4. The Morgan fingerprint density at radius 2 is 1.88 bits per heavy atom. The minimum atomic E-state index is -0.603. The number of phenols is 1. The van der Waals surface area contributed by atoms with Crippen molar-refractivity contribution in [2.24, 2.45) is 5.92 Å². The summed E-state index contributed by atoms with van der Waals surface area (Å²) in [5.74, 6) is 1.21. The number of rotatable bonds is 2. The highest BCUT2D eigenvalue weighted by Gasteiger charge is 2.63. The summed E-state index contributed by atoms with van der Waals surface area (Å²) < 4.78 is 0. The van der Waals surface area contributed by atoms with E-state index >= 15 is 0 Å². The molecule has 0 amide bonds. The Balaban J connectivity index is 0.00000157. The van der Waals surface area contributed by atoms with Gasteiger partial charge >= 0.3 is 0 Å². The molecule has 5 rings (SSSR count). The Bertz CT molecular complexity index is 661. The molecule has 25 heavy (non-hydrogen) atoms. The van der Waals surface area contributed by atoms with Crippen molar-refractivity contribution in [3.05, 3.63) is 29.3 Å². The fourth-order valence-corrected chi connectivity index (χ4v) is 6.32. The van der Waals surface area contributed by atoms with Crippen LogP contribution in [0.3, 0.4) is 0 Å². The summed E-state index contributed by atoms with van der Waals surface area (Å²) in [7, 11) is 0. The molecule has 1 aromatic carbocycles. The van der Waals surface area contributed by atoms with Crippen LogP contribution < -0.4 is 0 Å². The third-order valence-electron chi connectivity index (χ3n) is 7.80. The quantitative estimate of drug-likeness (QED) is 0.840. The monoisotopic (exact) mass is 363 g/mol. The van der Waals surface area contributed by atoms with Crippen LogP contribution in [0.5, 0.6) is 5.75 Å². The summed E-state index contributed by atoms with van der Waals surface area (Å²) >= 11 is 0. The van der Waals surface area contributed by atoms with E-state index in [1.807, 2.05) is 12.1 Å². The van der Waals surface area contributed by atoms with Gasteiger partial charge in [-0.25, -0.2) is 0 Å². The van der Waals surface area contributed by atoms with E-state index in [4.69, 9.17) is 0 Å². The first-order valence-corrected chi connectivity index (χ1v) is 9.91. The fourth-order valence-electron chi connectivity index (χ4n) is 6.32. The van der Waals surface area contributed by atoms with Crippen LogP contribution >= 0.6 is 12.4 Å². The van der Waals surface area contributed by atoms with Gasteiger partial charge in [-0.3, -0.25) is 4.90 Å². The molecule has 1 aliphatic heterocycles. The molecule has 2 saturated carbocycles. The molecule has 1 saturated heterocycles. The predicted octanol–water partition coefficient (Wildman–Crippen LogP) is 3.79. The number of phenolic OH excluding ortho intramolecular Hbond substituents is 1. The van der Waals surface area contributed by atoms with Crippen LogP contribution in [0.1, 0.15) is 62.5 Å². The van der Waals surface area contributed by atoms with Crippen molar-refractivity contribution in [3.8, 4) is 5.75 Å². The highest BCUT2D eigenvalue weighted by Crippen LogP contribution is 2.58. The Hall–Kier alpha value is -0.770. The van der Waals surface area contributed by atoms with E-state index in [1.165, 1.54) is 43.4 Å². The number of nitrogens with zero attached hydrogens (tertiary/aromatic N) is 1. The minimum absolute atomic E-state index is 0. The summed E-state index contributed by atoms with van der Waals surface area (Å²) in [5.41, 5.74) is 1.89. The first kappa shape index (κ1) is 17.6. The van der Waals surface area contributed by atoms with E-state index in [-0.39, 0.29) is 23.9 Å². The average Bonchev–Trinajstić information content (AvgIpc) is 2.53. The van der Waals surface area contributed by atoms with E-state index < -0.39 is 5.60 Å². The van der Waals surface area contributed by atoms with Crippen LogP contribution in [0.25, 0.3) is 0 Å². The molecule has 0 unspecified atom stereocenters. The van der Waals surface area contributed by atoms with E-state index in [9.17, 15) is 10.2 Å². The highest BCUT2D eigenvalue weighted by atomic mass is 35.5. The third kappa shape index (κ3) is 2.39. The number of hydrogen-bond donors (Lipinski definition) is 2. The van der Waals surface area contributed by atoms with Gasteiger partial charge in [0.05, 0.1) is 5.60 Å². The number of likely N-dealkylation sites (tertiary alicyclic amines) is 1. The first-order valence-electron chi connectivity index (χ1n) is 9.91. The number of aromatic hydroxyl groups is 1. The lowest BCUT2D eigenvalue weighted by molar-refractivity contribution is -0.169. The molecule has 4 heteroatoms. The Morgan fingerprint density at radius 3 is 2.64 bits per heavy atom. The second-order valence-corrected chi connectivity index (χ2v) is 8.82. The summed E-state index contributed by atoms with van der Waals surface area (Å²) in [5, 5.41) is 22.0. The maximum Gasteiger partial charge on any atom is 0.115 e. The number of benzene rings is 1. The van der Waals surface area contributed by atoms with Crippen LogP contribution in [-0.4, -0.2) is 39.8 Å². The smallest absolute Gasteiger partial charge is 0.115 e. The number of piperidine rings is 1. The molecule has 3 fully saturated rings. The lowest BCUT2D eigenvalue weighted by Gasteiger charge is -2.64. The van der Waals surface area contributed by atoms with Gasteiger partial charge in [0.25, 0.3) is 0 Å². The van der Waals surface area contributed by atoms with Gasteiger partial charge in [0, 0.05) is 18.0 Å². The highest BCUT2D eigenvalue weighted by molar-refractivity contribution is 5.85. The van der Waals surface area contributed by atoms with Crippen molar-refractivity contribution in [2.75, 3.05) is 13.1 Å². The first-order chi connectivity index (χ1) is 11.6. The molecule has 3 nitrogen and oxygen atoms in total. The fraction of sp³-hybridized carbons (Fsp3) is 0.714. The number of aliphatic hydroxyl groups is 1. The Labute approximate surface area is 156 Å². The van der Waals surface area contributed by atoms with Crippen molar-refractivity contribution in [1.29, 1.82) is 0 Å². The van der Waals surface area contributed by atoms with Crippen molar-refractivity contribution >= 4 is 12.4 Å². The van der Waals surface area contributed by atoms with E-state index in [1.54, 1.807) is 0 Å². The van der Waals surface area contributed by atoms with Crippen molar-refractivity contribution in [2.45, 2.75) is 74.8 Å². The average molecular weight is 364 g/mol. The summed E-state index contributed by atoms with van der Waals surface area (Å²) in [6.07, 6.45) is 10.5. The van der Waals surface area contributed by atoms with Crippen LogP contribution in [0, 0.1) is 5.92 Å². The van der Waals surface area contributed by atoms with Crippen LogP contribution in [0.15, 0.2) is 18.2 Å². The standard InChI is InChI=1S/C21H29NO2.ClH/c23-17-7-6-16-12-19-21(24)9-2-1-8-20(21,18(16)13-17)10-11-22(19)14-15-4-3-5-15;/h6-7,13,15,19,23-24H,1-5,8-12,14H2;1H/t19-,20+,21-;/m1./s1. The molecule has 4 aliphatic rings. The second-order valence-electron chi connectivity index (χ2n) is 8.82. The van der Waals surface area contributed by atoms with E-state index in [0.717, 1.165) is 44.6 Å². The molecule has 3 atom stereocenters. The molecular formula is C21H30ClNO2. The summed E-state index contributed by atoms with van der Waals surface area (Å²) in [6.45, 7) is 2.29. The summed E-state index contributed by atoms with van der Waals surface area (Å²) in [4.78, 5) is 2.63. The molecule has 138 valence electrons. The van der Waals surface area contributed by atoms with Crippen molar-refractivity contribution in [3.63, 3.8) is 0 Å². The third-order valence-corrected chi connectivity index (χ3v) is 7.80. The molecule has 2 bridgehead atoms. The van der Waals surface area contributed by atoms with Crippen LogP contribution in [-0.2, 0) is 11.8 Å². The van der Waals surface area contributed by atoms with Gasteiger partial charge in [-0.1, -0.05) is 25.3 Å². The van der Waals surface area contributed by atoms with Crippen molar-refractivity contribution < 1.29 is 10.2 Å². The second kappa shape index (κ2) is 6.14. The largest absolute Gasteiger partial charge is 0.508 e. The van der Waals surface area contributed by atoms with E-state index in [0.29, 0.717) is 5.75 Å². The maximum atomic E-state index is 11.9. The molecule has 2 N–H and O–H groups in total. The number of fused-ring (bicyclic) bond motifs is 1. The zero-order valence-corrected chi connectivity index (χ0v) is 15.7. The van der Waals surface area contributed by atoms with Gasteiger partial charge in [0.1, 0.15) is 5.75 Å². The lowest BCUT2D eigenvalue weighted by atomic mass is 9.49. The maximum absolute atomic E-state index is 11.9. The molecule has 0 spiro atoms. The SMILES string of the molecule is Cl.Oc1ccc2c(c1)[C@@]13CCCC[C@@]1(O)[C@@H](C2)N(CC1CCC1)CC3. The molecule has 0 radical (unpaired) electrons. The molecule has 0 aromatic heterocycles. The molecule has 1 heterocycles. The predicted molar refractivity (Wildman–Crippen MR) is 101 cm³/mol. The van der Waals surface area contributed by atoms with Gasteiger partial charge < -0.3 is 10.2 Å². The van der Waals surface area contributed by atoms with E-state index in [2.05, 4.69) is 11.0 Å².